The van der Waals surface area contributed by atoms with Crippen molar-refractivity contribution < 1.29 is 4.79 Å². The molecule has 3 nitrogen and oxygen atoms in total. The number of nitrogens with one attached hydrogen (secondary N) is 1. The Morgan fingerprint density at radius 2 is 2.46 bits per heavy atom. The van der Waals surface area contributed by atoms with Crippen LogP contribution in [0.1, 0.15) is 12.6 Å². The van der Waals surface area contributed by atoms with Crippen LogP contribution in [0.25, 0.3) is 0 Å². The predicted molar refractivity (Wildman–Crippen MR) is 57.7 cm³/mol. The van der Waals surface area contributed by atoms with E-state index in [1.807, 2.05) is 0 Å². The van der Waals surface area contributed by atoms with Crippen molar-refractivity contribution in [1.82, 2.24) is 10.3 Å². The molecule has 0 saturated heterocycles. The van der Waals surface area contributed by atoms with Gasteiger partial charge in [-0.2, -0.15) is 0 Å². The summed E-state index contributed by atoms with van der Waals surface area (Å²) in [6.07, 6.45) is 0.707. The monoisotopic (exact) mass is 280 g/mol. The minimum absolute atomic E-state index is 0.0210. The Kier molecular flexibility index (Phi) is 4.23. The molecule has 72 valence electrons. The van der Waals surface area contributed by atoms with Gasteiger partial charge in [0.1, 0.15) is 0 Å². The van der Waals surface area contributed by atoms with Gasteiger partial charge in [-0.1, -0.05) is 0 Å². The van der Waals surface area contributed by atoms with E-state index in [1.54, 1.807) is 0 Å². The van der Waals surface area contributed by atoms with E-state index in [2.05, 4.69) is 10.3 Å². The van der Waals surface area contributed by atoms with Crippen molar-refractivity contribution in [3.8, 4) is 0 Å². The zero-order valence-corrected chi connectivity index (χ0v) is 11.1. The van der Waals surface area contributed by atoms with E-state index >= 15 is 0 Å². The van der Waals surface area contributed by atoms with Crippen LogP contribution in [-0.2, 0) is 11.2 Å². The Labute approximate surface area is 94.4 Å². The Bertz CT molecular complexity index is 315. The average molecular weight is 281 g/mol. The van der Waals surface area contributed by atoms with Crippen molar-refractivity contribution in [1.29, 1.82) is 0 Å². The fourth-order valence-corrected chi connectivity index (χ4v) is 3.38. The molecule has 13 heavy (non-hydrogen) atoms. The standard InChI is InChI=1S/C7H10AsClN2OS/c1-4(12)10-3-2-5-6(9)13-7(8)11-5/h2-3,8H2,1H3,(H,10,12). The van der Waals surface area contributed by atoms with E-state index < -0.39 is 0 Å². The molecule has 0 saturated carbocycles. The zero-order valence-electron chi connectivity index (χ0n) is 7.13. The van der Waals surface area contributed by atoms with E-state index in [0.717, 1.165) is 13.8 Å². The summed E-state index contributed by atoms with van der Waals surface area (Å²) in [6, 6.07) is 0. The average Bonchev–Trinajstić information content (AvgIpc) is 2.29. The van der Waals surface area contributed by atoms with Gasteiger partial charge in [0.2, 0.25) is 0 Å². The molecular weight excluding hydrogens is 271 g/mol. The van der Waals surface area contributed by atoms with E-state index in [1.165, 1.54) is 35.1 Å². The second-order valence-corrected chi connectivity index (χ2v) is 6.16. The molecular formula is C7H10AsClN2OS. The van der Waals surface area contributed by atoms with Crippen molar-refractivity contribution in [3.05, 3.63) is 10.0 Å². The third-order valence-electron chi connectivity index (χ3n) is 1.40. The van der Waals surface area contributed by atoms with Gasteiger partial charge in [-0.25, -0.2) is 0 Å². The van der Waals surface area contributed by atoms with Gasteiger partial charge in [0.25, 0.3) is 0 Å². The first-order valence-corrected chi connectivity index (χ1v) is 6.15. The summed E-state index contributed by atoms with van der Waals surface area (Å²) >= 11 is 8.88. The number of nitrogens with zero attached hydrogens (tertiary/aromatic N) is 1. The third kappa shape index (κ3) is 3.67. The van der Waals surface area contributed by atoms with Crippen LogP contribution in [0.3, 0.4) is 0 Å². The molecule has 0 aliphatic rings. The third-order valence-corrected chi connectivity index (χ3v) is 3.58. The van der Waals surface area contributed by atoms with Crippen LogP contribution in [0.5, 0.6) is 0 Å². The van der Waals surface area contributed by atoms with Gasteiger partial charge in [-0.05, 0) is 0 Å². The summed E-state index contributed by atoms with van der Waals surface area (Å²) in [5.74, 6) is -0.0210. The maximum absolute atomic E-state index is 10.6. The molecule has 1 atom stereocenters. The Hall–Kier alpha value is -0.0516. The number of carbonyl (C=O) groups is 1. The topological polar surface area (TPSA) is 42.0 Å². The molecule has 1 aromatic heterocycles. The normalized spacial score (nSPS) is 10.1. The quantitative estimate of drug-likeness (QED) is 0.775. The summed E-state index contributed by atoms with van der Waals surface area (Å²) in [5.41, 5.74) is 0.889. The number of halogens is 1. The van der Waals surface area contributed by atoms with Crippen molar-refractivity contribution in [2.45, 2.75) is 13.3 Å². The SMILES string of the molecule is CC(=O)NCCc1nc([AsH2])sc1Cl. The van der Waals surface area contributed by atoms with E-state index in [4.69, 9.17) is 11.6 Å². The molecule has 0 radical (unpaired) electrons. The molecule has 1 heterocycles. The number of hydrogen-bond donors (Lipinski definition) is 1. The Morgan fingerprint density at radius 1 is 1.77 bits per heavy atom. The minimum atomic E-state index is -0.0210. The molecule has 0 spiro atoms. The second kappa shape index (κ2) is 4.99. The van der Waals surface area contributed by atoms with Gasteiger partial charge >= 0.3 is 94.5 Å². The number of aromatic nitrogens is 1. The fourth-order valence-electron chi connectivity index (χ4n) is 0.862. The van der Waals surface area contributed by atoms with Gasteiger partial charge in [0.05, 0.1) is 0 Å². The molecule has 0 fully saturated rings. The number of carbonyl (C=O) groups excluding carboxylic acids is 1. The van der Waals surface area contributed by atoms with Crippen LogP contribution in [0.2, 0.25) is 4.34 Å². The molecule has 1 aromatic rings. The van der Waals surface area contributed by atoms with Crippen LogP contribution < -0.4 is 9.11 Å². The van der Waals surface area contributed by atoms with Crippen molar-refractivity contribution in [2.24, 2.45) is 0 Å². The second-order valence-electron chi connectivity index (χ2n) is 2.51. The summed E-state index contributed by atoms with van der Waals surface area (Å²) in [6.45, 7) is 2.10. The maximum atomic E-state index is 10.6. The molecule has 0 aliphatic heterocycles. The molecule has 1 N–H and O–H groups in total. The Morgan fingerprint density at radius 3 is 2.92 bits per heavy atom. The van der Waals surface area contributed by atoms with Gasteiger partial charge in [-0.15, -0.1) is 0 Å². The van der Waals surface area contributed by atoms with E-state index in [9.17, 15) is 4.79 Å². The van der Waals surface area contributed by atoms with Crippen LogP contribution in [-0.4, -0.2) is 34.3 Å². The van der Waals surface area contributed by atoms with Gasteiger partial charge in [0.15, 0.2) is 0 Å². The predicted octanol–water partition coefficient (Wildman–Crippen LogP) is -0.267. The van der Waals surface area contributed by atoms with Crippen LogP contribution >= 0.6 is 22.9 Å². The van der Waals surface area contributed by atoms with E-state index in [-0.39, 0.29) is 5.91 Å². The molecule has 0 aromatic carbocycles. The van der Waals surface area contributed by atoms with Crippen molar-refractivity contribution >= 4 is 49.5 Å². The van der Waals surface area contributed by atoms with Crippen molar-refractivity contribution in [3.63, 3.8) is 0 Å². The zero-order chi connectivity index (χ0) is 9.84. The summed E-state index contributed by atoms with van der Waals surface area (Å²) in [4.78, 5) is 14.8. The summed E-state index contributed by atoms with van der Waals surface area (Å²) in [5, 5.41) is 2.70. The van der Waals surface area contributed by atoms with Gasteiger partial charge in [0, 0.05) is 0 Å². The number of thiazole rings is 1. The molecule has 1 rings (SSSR count). The summed E-state index contributed by atoms with van der Waals surface area (Å²) < 4.78 is 1.76. The fraction of sp³-hybridized carbons (Fsp3) is 0.429. The van der Waals surface area contributed by atoms with Gasteiger partial charge in [-0.3, -0.25) is 0 Å². The van der Waals surface area contributed by atoms with Gasteiger partial charge < -0.3 is 0 Å². The number of rotatable bonds is 3. The van der Waals surface area contributed by atoms with E-state index in [0.29, 0.717) is 13.0 Å². The first-order valence-electron chi connectivity index (χ1n) is 3.74. The summed E-state index contributed by atoms with van der Waals surface area (Å²) in [7, 11) is 0. The number of amides is 1. The molecule has 1 amide bonds. The molecule has 6 heteroatoms. The molecule has 0 bridgehead atoms. The molecule has 0 aliphatic carbocycles. The first-order chi connectivity index (χ1) is 6.09. The number of hydrogen-bond acceptors (Lipinski definition) is 3. The Balaban J connectivity index is 2.45. The van der Waals surface area contributed by atoms with Crippen LogP contribution in [0.4, 0.5) is 0 Å². The van der Waals surface area contributed by atoms with Crippen molar-refractivity contribution in [2.75, 3.05) is 6.54 Å². The molecule has 1 unspecified atom stereocenters. The first kappa shape index (κ1) is 11.0. The van der Waals surface area contributed by atoms with Crippen LogP contribution in [0.15, 0.2) is 0 Å². The van der Waals surface area contributed by atoms with Crippen LogP contribution in [0, 0.1) is 0 Å².